The minimum absolute atomic E-state index is 0.734. The van der Waals surface area contributed by atoms with Crippen molar-refractivity contribution in [3.63, 3.8) is 0 Å². The second-order valence-corrected chi connectivity index (χ2v) is 5.36. The summed E-state index contributed by atoms with van der Waals surface area (Å²) < 4.78 is 0. The smallest absolute Gasteiger partial charge is 0.0241 e. The Kier molecular flexibility index (Phi) is 1.79. The van der Waals surface area contributed by atoms with E-state index in [2.05, 4.69) is 20.8 Å². The highest BCUT2D eigenvalue weighted by atomic mass is 14.6. The van der Waals surface area contributed by atoms with E-state index in [1.165, 1.54) is 38.5 Å². The van der Waals surface area contributed by atoms with Crippen molar-refractivity contribution >= 4 is 0 Å². The molecule has 0 amide bonds. The molecule has 0 aliphatic heterocycles. The van der Waals surface area contributed by atoms with Crippen molar-refractivity contribution in [1.29, 1.82) is 0 Å². The normalized spacial score (nSPS) is 44.8. The molecule has 0 nitrogen and oxygen atoms in total. The molecular weight excluding hydrogens is 144 g/mol. The summed E-state index contributed by atoms with van der Waals surface area (Å²) in [5, 5.41) is 0. The van der Waals surface area contributed by atoms with E-state index < -0.39 is 0 Å². The molecule has 2 atom stereocenters. The highest BCUT2D eigenvalue weighted by Crippen LogP contribution is 2.69. The zero-order chi connectivity index (χ0) is 8.82. The van der Waals surface area contributed by atoms with Crippen LogP contribution >= 0.6 is 0 Å². The maximum Gasteiger partial charge on any atom is -0.0241 e. The highest BCUT2D eigenvalue weighted by Gasteiger charge is 2.60. The highest BCUT2D eigenvalue weighted by molar-refractivity contribution is 5.09. The Hall–Kier alpha value is 0. The van der Waals surface area contributed by atoms with Crippen LogP contribution in [0, 0.1) is 16.7 Å². The van der Waals surface area contributed by atoms with E-state index in [0.29, 0.717) is 0 Å². The first-order chi connectivity index (χ1) is 5.65. The summed E-state index contributed by atoms with van der Waals surface area (Å²) in [6.45, 7) is 7.38. The summed E-state index contributed by atoms with van der Waals surface area (Å²) in [6, 6.07) is 0. The molecule has 2 saturated carbocycles. The molecule has 0 aromatic heterocycles. The summed E-state index contributed by atoms with van der Waals surface area (Å²) >= 11 is 0. The molecule has 2 fully saturated rings. The molecule has 70 valence electrons. The third-order valence-electron chi connectivity index (χ3n) is 5.11. The lowest BCUT2D eigenvalue weighted by Crippen LogP contribution is -2.27. The van der Waals surface area contributed by atoms with Crippen molar-refractivity contribution < 1.29 is 0 Å². The van der Waals surface area contributed by atoms with Gasteiger partial charge in [0.15, 0.2) is 0 Å². The summed E-state index contributed by atoms with van der Waals surface area (Å²) in [6.07, 6.45) is 8.95. The third-order valence-corrected chi connectivity index (χ3v) is 5.11. The summed E-state index contributed by atoms with van der Waals surface area (Å²) in [7, 11) is 0. The van der Waals surface area contributed by atoms with E-state index in [0.717, 1.165) is 16.7 Å². The fourth-order valence-electron chi connectivity index (χ4n) is 3.70. The van der Waals surface area contributed by atoms with Crippen LogP contribution in [-0.4, -0.2) is 0 Å². The Balaban J connectivity index is 2.17. The molecule has 0 heterocycles. The van der Waals surface area contributed by atoms with Crippen LogP contribution in [-0.2, 0) is 0 Å². The minimum Gasteiger partial charge on any atom is -0.0648 e. The first kappa shape index (κ1) is 8.59. The summed E-state index contributed by atoms with van der Waals surface area (Å²) in [5.41, 5.74) is 1.49. The molecular formula is C12H22. The lowest BCUT2D eigenvalue weighted by atomic mass is 9.69. The van der Waals surface area contributed by atoms with Crippen LogP contribution in [0.1, 0.15) is 59.3 Å². The molecule has 0 radical (unpaired) electrons. The first-order valence-corrected chi connectivity index (χ1v) is 5.65. The van der Waals surface area contributed by atoms with Gasteiger partial charge in [0, 0.05) is 0 Å². The molecule has 2 rings (SSSR count). The average molecular weight is 166 g/mol. The SMILES string of the molecule is CCC1(C2(C)CC2C)CCCC1. The van der Waals surface area contributed by atoms with Gasteiger partial charge in [0.05, 0.1) is 0 Å². The quantitative estimate of drug-likeness (QED) is 0.581. The van der Waals surface area contributed by atoms with Crippen LogP contribution in [0.25, 0.3) is 0 Å². The van der Waals surface area contributed by atoms with Crippen molar-refractivity contribution in [1.82, 2.24) is 0 Å². The molecule has 0 aromatic rings. The summed E-state index contributed by atoms with van der Waals surface area (Å²) in [5.74, 6) is 1.01. The average Bonchev–Trinajstić information content (AvgIpc) is 2.58. The maximum absolute atomic E-state index is 2.53. The Bertz CT molecular complexity index is 176. The van der Waals surface area contributed by atoms with Gasteiger partial charge in [0.1, 0.15) is 0 Å². The Labute approximate surface area is 76.7 Å². The maximum atomic E-state index is 2.53. The van der Waals surface area contributed by atoms with Gasteiger partial charge in [-0.3, -0.25) is 0 Å². The van der Waals surface area contributed by atoms with E-state index in [4.69, 9.17) is 0 Å². The zero-order valence-corrected chi connectivity index (χ0v) is 8.82. The second-order valence-electron chi connectivity index (χ2n) is 5.36. The van der Waals surface area contributed by atoms with Crippen molar-refractivity contribution in [3.05, 3.63) is 0 Å². The van der Waals surface area contributed by atoms with E-state index >= 15 is 0 Å². The molecule has 0 bridgehead atoms. The molecule has 2 unspecified atom stereocenters. The predicted octanol–water partition coefficient (Wildman–Crippen LogP) is 4.00. The Morgan fingerprint density at radius 2 is 1.75 bits per heavy atom. The molecule has 2 aliphatic rings. The fourth-order valence-corrected chi connectivity index (χ4v) is 3.70. The fraction of sp³-hybridized carbons (Fsp3) is 1.00. The first-order valence-electron chi connectivity index (χ1n) is 5.65. The molecule has 2 aliphatic carbocycles. The van der Waals surface area contributed by atoms with Crippen LogP contribution in [0.4, 0.5) is 0 Å². The van der Waals surface area contributed by atoms with Gasteiger partial charge >= 0.3 is 0 Å². The minimum atomic E-state index is 0.734. The monoisotopic (exact) mass is 166 g/mol. The van der Waals surface area contributed by atoms with Crippen LogP contribution < -0.4 is 0 Å². The van der Waals surface area contributed by atoms with Gasteiger partial charge in [-0.05, 0) is 42.4 Å². The lowest BCUT2D eigenvalue weighted by Gasteiger charge is -2.36. The summed E-state index contributed by atoms with van der Waals surface area (Å²) in [4.78, 5) is 0. The third kappa shape index (κ3) is 0.900. The Morgan fingerprint density at radius 1 is 1.25 bits per heavy atom. The lowest BCUT2D eigenvalue weighted by molar-refractivity contribution is 0.137. The van der Waals surface area contributed by atoms with Crippen LogP contribution in [0.5, 0.6) is 0 Å². The van der Waals surface area contributed by atoms with Gasteiger partial charge in [-0.2, -0.15) is 0 Å². The van der Waals surface area contributed by atoms with Gasteiger partial charge in [-0.15, -0.1) is 0 Å². The van der Waals surface area contributed by atoms with Crippen molar-refractivity contribution in [2.24, 2.45) is 16.7 Å². The van der Waals surface area contributed by atoms with Gasteiger partial charge in [0.25, 0.3) is 0 Å². The molecule has 12 heavy (non-hydrogen) atoms. The molecule has 0 heteroatoms. The predicted molar refractivity (Wildman–Crippen MR) is 53.1 cm³/mol. The molecule has 0 aromatic carbocycles. The topological polar surface area (TPSA) is 0 Å². The van der Waals surface area contributed by atoms with E-state index in [-0.39, 0.29) is 0 Å². The largest absolute Gasteiger partial charge is 0.0648 e. The number of rotatable bonds is 2. The van der Waals surface area contributed by atoms with Crippen LogP contribution in [0.2, 0.25) is 0 Å². The van der Waals surface area contributed by atoms with Crippen molar-refractivity contribution in [2.75, 3.05) is 0 Å². The standard InChI is InChI=1S/C12H22/c1-4-12(7-5-6-8-12)11(3)9-10(11)2/h10H,4-9H2,1-3H3. The van der Waals surface area contributed by atoms with Crippen LogP contribution in [0.3, 0.4) is 0 Å². The number of hydrogen-bond donors (Lipinski definition) is 0. The molecule has 0 spiro atoms. The van der Waals surface area contributed by atoms with Gasteiger partial charge in [-0.1, -0.05) is 33.6 Å². The molecule has 0 N–H and O–H groups in total. The van der Waals surface area contributed by atoms with Crippen molar-refractivity contribution in [3.8, 4) is 0 Å². The van der Waals surface area contributed by atoms with Gasteiger partial charge < -0.3 is 0 Å². The van der Waals surface area contributed by atoms with E-state index in [9.17, 15) is 0 Å². The zero-order valence-electron chi connectivity index (χ0n) is 8.82. The molecule has 0 saturated heterocycles. The van der Waals surface area contributed by atoms with Crippen LogP contribution in [0.15, 0.2) is 0 Å². The number of hydrogen-bond acceptors (Lipinski definition) is 0. The van der Waals surface area contributed by atoms with E-state index in [1.54, 1.807) is 0 Å². The van der Waals surface area contributed by atoms with Crippen molar-refractivity contribution in [2.45, 2.75) is 59.3 Å². The van der Waals surface area contributed by atoms with Gasteiger partial charge in [0.2, 0.25) is 0 Å². The Morgan fingerprint density at radius 3 is 2.08 bits per heavy atom. The van der Waals surface area contributed by atoms with Gasteiger partial charge in [-0.25, -0.2) is 0 Å². The second kappa shape index (κ2) is 2.49. The van der Waals surface area contributed by atoms with E-state index in [1.807, 2.05) is 0 Å².